The number of hydrogen-bond donors (Lipinski definition) is 1. The van der Waals surface area contributed by atoms with Gasteiger partial charge in [-0.05, 0) is 25.8 Å². The molecule has 2 heterocycles. The largest absolute Gasteiger partial charge is 0.338 e. The van der Waals surface area contributed by atoms with Crippen LogP contribution in [0.4, 0.5) is 4.79 Å². The van der Waals surface area contributed by atoms with Crippen molar-refractivity contribution >= 4 is 11.9 Å². The Balaban J connectivity index is 1.92. The van der Waals surface area contributed by atoms with E-state index in [0.717, 1.165) is 18.5 Å². The van der Waals surface area contributed by atoms with Crippen LogP contribution >= 0.6 is 0 Å². The fourth-order valence-corrected chi connectivity index (χ4v) is 4.17. The van der Waals surface area contributed by atoms with Crippen LogP contribution in [0.5, 0.6) is 0 Å². The second-order valence-electron chi connectivity index (χ2n) is 7.39. The van der Waals surface area contributed by atoms with Crippen molar-refractivity contribution in [3.8, 4) is 0 Å². The average Bonchev–Trinajstić information content (AvgIpc) is 3.12. The van der Waals surface area contributed by atoms with E-state index >= 15 is 0 Å². The summed E-state index contributed by atoms with van der Waals surface area (Å²) in [5.74, 6) is 0.190. The van der Waals surface area contributed by atoms with Gasteiger partial charge in [0.1, 0.15) is 0 Å². The molecule has 134 valence electrons. The Morgan fingerprint density at radius 3 is 2.76 bits per heavy atom. The smallest absolute Gasteiger partial charge is 0.317 e. The zero-order valence-corrected chi connectivity index (χ0v) is 15.1. The summed E-state index contributed by atoms with van der Waals surface area (Å²) in [5, 5.41) is 2.96. The Morgan fingerprint density at radius 1 is 1.40 bits per heavy atom. The summed E-state index contributed by atoms with van der Waals surface area (Å²) in [6.45, 7) is 10.0. The lowest BCUT2D eigenvalue weighted by Gasteiger charge is -2.28. The van der Waals surface area contributed by atoms with Crippen LogP contribution in [-0.2, 0) is 4.79 Å². The topological polar surface area (TPSA) is 52.6 Å². The van der Waals surface area contributed by atoms with Gasteiger partial charge in [-0.25, -0.2) is 4.79 Å². The summed E-state index contributed by atoms with van der Waals surface area (Å²) in [7, 11) is 0. The van der Waals surface area contributed by atoms with Crippen molar-refractivity contribution in [2.24, 2.45) is 5.41 Å². The van der Waals surface area contributed by atoms with E-state index in [1.807, 2.05) is 41.8 Å². The van der Waals surface area contributed by atoms with E-state index < -0.39 is 5.41 Å². The van der Waals surface area contributed by atoms with Crippen LogP contribution in [0, 0.1) is 5.41 Å². The molecular weight excluding hydrogens is 314 g/mol. The number of amides is 3. The van der Waals surface area contributed by atoms with Crippen LogP contribution in [0.15, 0.2) is 43.0 Å². The van der Waals surface area contributed by atoms with Crippen LogP contribution < -0.4 is 5.32 Å². The first-order chi connectivity index (χ1) is 12.0. The highest BCUT2D eigenvalue weighted by Gasteiger charge is 2.57. The van der Waals surface area contributed by atoms with Crippen LogP contribution in [0.1, 0.15) is 31.7 Å². The van der Waals surface area contributed by atoms with E-state index in [1.54, 1.807) is 6.08 Å². The molecule has 0 unspecified atom stereocenters. The van der Waals surface area contributed by atoms with Gasteiger partial charge < -0.3 is 15.1 Å². The Bertz CT molecular complexity index is 658. The molecule has 1 spiro atoms. The van der Waals surface area contributed by atoms with Crippen molar-refractivity contribution in [2.45, 2.75) is 32.2 Å². The summed E-state index contributed by atoms with van der Waals surface area (Å²) in [6.07, 6.45) is 2.55. The maximum Gasteiger partial charge on any atom is 0.317 e. The molecule has 2 fully saturated rings. The fourth-order valence-electron chi connectivity index (χ4n) is 4.17. The van der Waals surface area contributed by atoms with E-state index in [1.165, 1.54) is 0 Å². The van der Waals surface area contributed by atoms with E-state index in [9.17, 15) is 9.59 Å². The minimum Gasteiger partial charge on any atom is -0.338 e. The zero-order valence-electron chi connectivity index (χ0n) is 15.1. The molecule has 2 aliphatic heterocycles. The maximum atomic E-state index is 13.2. The summed E-state index contributed by atoms with van der Waals surface area (Å²) < 4.78 is 0. The number of carbonyl (C=O) groups excluding carboxylic acids is 2. The summed E-state index contributed by atoms with van der Waals surface area (Å²) in [4.78, 5) is 29.5. The first-order valence-electron chi connectivity index (χ1n) is 8.98. The molecule has 1 N–H and O–H groups in total. The predicted octanol–water partition coefficient (Wildman–Crippen LogP) is 2.61. The predicted molar refractivity (Wildman–Crippen MR) is 98.3 cm³/mol. The quantitative estimate of drug-likeness (QED) is 0.856. The Kier molecular flexibility index (Phi) is 4.84. The third kappa shape index (κ3) is 3.15. The van der Waals surface area contributed by atoms with Crippen molar-refractivity contribution in [1.29, 1.82) is 0 Å². The minimum absolute atomic E-state index is 0.0360. The monoisotopic (exact) mass is 341 g/mol. The summed E-state index contributed by atoms with van der Waals surface area (Å²) in [5.41, 5.74) is 0.620. The Labute approximate surface area is 149 Å². The molecule has 1 aromatic carbocycles. The van der Waals surface area contributed by atoms with E-state index in [4.69, 9.17) is 0 Å². The molecule has 2 atom stereocenters. The van der Waals surface area contributed by atoms with Crippen molar-refractivity contribution in [3.05, 3.63) is 48.6 Å². The molecule has 0 saturated carbocycles. The minimum atomic E-state index is -0.515. The number of likely N-dealkylation sites (tertiary alicyclic amines) is 2. The normalized spacial score (nSPS) is 25.9. The second kappa shape index (κ2) is 6.90. The molecule has 5 heteroatoms. The maximum absolute atomic E-state index is 13.2. The highest BCUT2D eigenvalue weighted by molar-refractivity contribution is 5.88. The Morgan fingerprint density at radius 2 is 2.12 bits per heavy atom. The third-order valence-electron chi connectivity index (χ3n) is 5.33. The average molecular weight is 341 g/mol. The summed E-state index contributed by atoms with van der Waals surface area (Å²) >= 11 is 0. The SMILES string of the molecule is C=CCN1CC[C@@]2(CN(C(=O)NC(C)C)C[C@@H]2c2ccccc2)C1=O. The van der Waals surface area contributed by atoms with Crippen molar-refractivity contribution in [2.75, 3.05) is 26.2 Å². The highest BCUT2D eigenvalue weighted by atomic mass is 16.2. The van der Waals surface area contributed by atoms with Gasteiger partial charge in [0.15, 0.2) is 0 Å². The molecule has 2 aliphatic rings. The van der Waals surface area contributed by atoms with Gasteiger partial charge in [0.05, 0.1) is 5.41 Å². The number of hydrogen-bond acceptors (Lipinski definition) is 2. The van der Waals surface area contributed by atoms with Crippen LogP contribution in [-0.4, -0.2) is 54.0 Å². The van der Waals surface area contributed by atoms with Gasteiger partial charge in [0.2, 0.25) is 5.91 Å². The molecule has 25 heavy (non-hydrogen) atoms. The van der Waals surface area contributed by atoms with E-state index in [-0.39, 0.29) is 23.9 Å². The van der Waals surface area contributed by atoms with Crippen LogP contribution in [0.2, 0.25) is 0 Å². The molecular formula is C20H27N3O2. The number of carbonyl (C=O) groups is 2. The molecule has 1 aromatic rings. The number of urea groups is 1. The van der Waals surface area contributed by atoms with E-state index in [2.05, 4.69) is 24.0 Å². The lowest BCUT2D eigenvalue weighted by atomic mass is 9.73. The van der Waals surface area contributed by atoms with Gasteiger partial charge in [-0.1, -0.05) is 36.4 Å². The third-order valence-corrected chi connectivity index (χ3v) is 5.33. The molecule has 0 aliphatic carbocycles. The van der Waals surface area contributed by atoms with Crippen molar-refractivity contribution in [1.82, 2.24) is 15.1 Å². The van der Waals surface area contributed by atoms with Crippen LogP contribution in [0.25, 0.3) is 0 Å². The number of benzene rings is 1. The van der Waals surface area contributed by atoms with E-state index in [0.29, 0.717) is 19.6 Å². The second-order valence-corrected chi connectivity index (χ2v) is 7.39. The summed E-state index contributed by atoms with van der Waals surface area (Å²) in [6, 6.07) is 10.1. The van der Waals surface area contributed by atoms with Gasteiger partial charge in [0.25, 0.3) is 0 Å². The zero-order chi connectivity index (χ0) is 18.0. The fraction of sp³-hybridized carbons (Fsp3) is 0.500. The standard InChI is InChI=1S/C20H27N3O2/c1-4-11-22-12-10-20(18(22)24)14-23(19(25)21-15(2)3)13-17(20)16-8-6-5-7-9-16/h4-9,15,17H,1,10-14H2,2-3H3,(H,21,25)/t17-,20+/m1/s1. The lowest BCUT2D eigenvalue weighted by molar-refractivity contribution is -0.135. The number of nitrogens with one attached hydrogen (secondary N) is 1. The first-order valence-corrected chi connectivity index (χ1v) is 8.98. The molecule has 2 saturated heterocycles. The number of nitrogens with zero attached hydrogens (tertiary/aromatic N) is 2. The molecule has 5 nitrogen and oxygen atoms in total. The van der Waals surface area contributed by atoms with Gasteiger partial charge >= 0.3 is 6.03 Å². The van der Waals surface area contributed by atoms with Crippen molar-refractivity contribution in [3.63, 3.8) is 0 Å². The molecule has 0 aromatic heterocycles. The highest BCUT2D eigenvalue weighted by Crippen LogP contribution is 2.49. The van der Waals surface area contributed by atoms with Gasteiger partial charge in [-0.15, -0.1) is 6.58 Å². The number of rotatable bonds is 4. The molecule has 0 radical (unpaired) electrons. The Hall–Kier alpha value is -2.30. The lowest BCUT2D eigenvalue weighted by Crippen LogP contribution is -2.44. The van der Waals surface area contributed by atoms with Crippen molar-refractivity contribution < 1.29 is 9.59 Å². The van der Waals surface area contributed by atoms with Gasteiger partial charge in [-0.3, -0.25) is 4.79 Å². The van der Waals surface area contributed by atoms with Crippen LogP contribution in [0.3, 0.4) is 0 Å². The first kappa shape index (κ1) is 17.5. The molecule has 0 bridgehead atoms. The van der Waals surface area contributed by atoms with Gasteiger partial charge in [0, 0.05) is 38.1 Å². The molecule has 3 amide bonds. The molecule has 3 rings (SSSR count). The van der Waals surface area contributed by atoms with Gasteiger partial charge in [-0.2, -0.15) is 0 Å².